The average molecular weight is 209 g/mol. The van der Waals surface area contributed by atoms with Crippen LogP contribution in [0.15, 0.2) is 12.3 Å². The van der Waals surface area contributed by atoms with Gasteiger partial charge in [-0.3, -0.25) is 4.68 Å². The molecule has 0 aromatic carbocycles. The second-order valence-electron chi connectivity index (χ2n) is 2.57. The van der Waals surface area contributed by atoms with Crippen LogP contribution in [-0.4, -0.2) is 9.78 Å². The number of hydrogen-bond donors (Lipinski definition) is 0. The van der Waals surface area contributed by atoms with Crippen molar-refractivity contribution in [2.45, 2.75) is 32.2 Å². The van der Waals surface area contributed by atoms with E-state index >= 15 is 0 Å². The molecule has 0 aliphatic carbocycles. The fourth-order valence-corrected chi connectivity index (χ4v) is 1.09. The first kappa shape index (κ1) is 11.8. The highest BCUT2D eigenvalue weighted by Crippen LogP contribution is 2.02. The topological polar surface area (TPSA) is 17.8 Å². The Morgan fingerprint density at radius 2 is 2.33 bits per heavy atom. The van der Waals surface area contributed by atoms with Crippen LogP contribution in [0.2, 0.25) is 0 Å². The molecule has 1 heterocycles. The van der Waals surface area contributed by atoms with Crippen LogP contribution in [0, 0.1) is 0 Å². The smallest absolute Gasteiger partial charge is 0.115 e. The van der Waals surface area contributed by atoms with Crippen LogP contribution in [0.25, 0.3) is 0 Å². The highest BCUT2D eigenvalue weighted by molar-refractivity contribution is 6.15. The summed E-state index contributed by atoms with van der Waals surface area (Å²) in [6.07, 6.45) is 5.41. The Morgan fingerprint density at radius 3 is 2.83 bits per heavy atom. The van der Waals surface area contributed by atoms with Gasteiger partial charge in [0.15, 0.2) is 0 Å². The maximum absolute atomic E-state index is 5.57. The molecule has 0 aliphatic rings. The van der Waals surface area contributed by atoms with Crippen LogP contribution in [-0.2, 0) is 12.4 Å². The van der Waals surface area contributed by atoms with E-state index in [9.17, 15) is 0 Å². The van der Waals surface area contributed by atoms with Crippen LogP contribution < -0.4 is 0 Å². The average Bonchev–Trinajstić information content (AvgIpc) is 2.48. The molecule has 0 saturated carbocycles. The van der Waals surface area contributed by atoms with Crippen molar-refractivity contribution in [2.75, 3.05) is 0 Å². The number of alkyl halides is 1. The van der Waals surface area contributed by atoms with Crippen LogP contribution in [0.1, 0.15) is 25.5 Å². The predicted molar refractivity (Wildman–Crippen MR) is 53.9 cm³/mol. The van der Waals surface area contributed by atoms with Gasteiger partial charge in [0.1, 0.15) is 6.00 Å². The van der Waals surface area contributed by atoms with Crippen molar-refractivity contribution in [3.8, 4) is 0 Å². The van der Waals surface area contributed by atoms with Crippen molar-refractivity contribution in [3.63, 3.8) is 0 Å². The van der Waals surface area contributed by atoms with E-state index in [1.807, 2.05) is 12.3 Å². The molecule has 0 atom stereocenters. The lowest BCUT2D eigenvalue weighted by atomic mass is 10.2. The molecule has 2 nitrogen and oxygen atoms in total. The van der Waals surface area contributed by atoms with E-state index in [0.717, 1.165) is 12.1 Å². The minimum Gasteiger partial charge on any atom is -0.258 e. The van der Waals surface area contributed by atoms with E-state index in [0.29, 0.717) is 6.00 Å². The Labute approximate surface area is 84.3 Å². The summed E-state index contributed by atoms with van der Waals surface area (Å²) in [6, 6.07) is 2.48. The van der Waals surface area contributed by atoms with Crippen LogP contribution in [0.5, 0.6) is 0 Å². The van der Waals surface area contributed by atoms with Crippen molar-refractivity contribution in [3.05, 3.63) is 18.0 Å². The minimum absolute atomic E-state index is 0. The molecule has 0 saturated heterocycles. The van der Waals surface area contributed by atoms with Gasteiger partial charge >= 0.3 is 0 Å². The second kappa shape index (κ2) is 6.32. The number of aromatic nitrogens is 2. The Bertz CT molecular complexity index is 211. The van der Waals surface area contributed by atoms with Crippen LogP contribution >= 0.6 is 24.0 Å². The summed E-state index contributed by atoms with van der Waals surface area (Å²) in [5, 5.41) is 4.25. The van der Waals surface area contributed by atoms with Gasteiger partial charge in [-0.25, -0.2) is 0 Å². The van der Waals surface area contributed by atoms with Crippen molar-refractivity contribution in [1.29, 1.82) is 0 Å². The van der Waals surface area contributed by atoms with Gasteiger partial charge in [-0.15, -0.1) is 24.0 Å². The number of rotatable bonds is 4. The van der Waals surface area contributed by atoms with Gasteiger partial charge in [0, 0.05) is 6.20 Å². The fourth-order valence-electron chi connectivity index (χ4n) is 0.962. The number of hydrogen-bond acceptors (Lipinski definition) is 1. The molecule has 0 unspecified atom stereocenters. The standard InChI is InChI=1S/C8H13ClN2.ClH/c1-2-3-4-8-5-6-11(7-9)10-8;/h5-6H,2-4,7H2,1H3;1H. The Hall–Kier alpha value is -0.210. The molecular formula is C8H14Cl2N2. The first-order valence-electron chi connectivity index (χ1n) is 3.95. The van der Waals surface area contributed by atoms with Gasteiger partial charge in [0.25, 0.3) is 0 Å². The zero-order chi connectivity index (χ0) is 8.10. The SMILES string of the molecule is CCCCc1ccn(CCl)n1.Cl. The molecule has 0 amide bonds. The zero-order valence-electron chi connectivity index (χ0n) is 7.16. The summed E-state index contributed by atoms with van der Waals surface area (Å²) >= 11 is 5.57. The van der Waals surface area contributed by atoms with Gasteiger partial charge in [0.2, 0.25) is 0 Å². The summed E-state index contributed by atoms with van der Waals surface area (Å²) in [5.74, 6) is 0. The molecule has 12 heavy (non-hydrogen) atoms. The molecule has 4 heteroatoms. The predicted octanol–water partition coefficient (Wildman–Crippen LogP) is 2.84. The van der Waals surface area contributed by atoms with Crippen molar-refractivity contribution in [2.24, 2.45) is 0 Å². The van der Waals surface area contributed by atoms with E-state index in [2.05, 4.69) is 12.0 Å². The molecular weight excluding hydrogens is 195 g/mol. The highest BCUT2D eigenvalue weighted by atomic mass is 35.5. The summed E-state index contributed by atoms with van der Waals surface area (Å²) in [6.45, 7) is 2.18. The summed E-state index contributed by atoms with van der Waals surface area (Å²) < 4.78 is 1.74. The van der Waals surface area contributed by atoms with Crippen molar-refractivity contribution >= 4 is 24.0 Å². The van der Waals surface area contributed by atoms with E-state index in [-0.39, 0.29) is 12.4 Å². The van der Waals surface area contributed by atoms with Crippen molar-refractivity contribution in [1.82, 2.24) is 9.78 Å². The van der Waals surface area contributed by atoms with E-state index < -0.39 is 0 Å². The zero-order valence-corrected chi connectivity index (χ0v) is 8.74. The number of nitrogens with zero attached hydrogens (tertiary/aromatic N) is 2. The van der Waals surface area contributed by atoms with E-state index in [4.69, 9.17) is 11.6 Å². The Balaban J connectivity index is 0.00000121. The fraction of sp³-hybridized carbons (Fsp3) is 0.625. The van der Waals surface area contributed by atoms with Gasteiger partial charge < -0.3 is 0 Å². The highest BCUT2D eigenvalue weighted by Gasteiger charge is 1.95. The summed E-state index contributed by atoms with van der Waals surface area (Å²) in [5.41, 5.74) is 1.15. The third kappa shape index (κ3) is 3.46. The van der Waals surface area contributed by atoms with Gasteiger partial charge in [-0.05, 0) is 18.9 Å². The quantitative estimate of drug-likeness (QED) is 0.697. The summed E-state index contributed by atoms with van der Waals surface area (Å²) in [4.78, 5) is 0. The van der Waals surface area contributed by atoms with Crippen LogP contribution in [0.3, 0.4) is 0 Å². The largest absolute Gasteiger partial charge is 0.258 e. The lowest BCUT2D eigenvalue weighted by Crippen LogP contribution is -1.94. The molecule has 70 valence electrons. The molecule has 0 bridgehead atoms. The third-order valence-corrected chi connectivity index (χ3v) is 1.85. The molecule has 0 N–H and O–H groups in total. The molecule has 0 aliphatic heterocycles. The number of aryl methyl sites for hydroxylation is 1. The lowest BCUT2D eigenvalue weighted by Gasteiger charge is -1.92. The first-order chi connectivity index (χ1) is 5.36. The Morgan fingerprint density at radius 1 is 1.58 bits per heavy atom. The molecule has 0 spiro atoms. The van der Waals surface area contributed by atoms with Crippen molar-refractivity contribution < 1.29 is 0 Å². The third-order valence-electron chi connectivity index (χ3n) is 1.60. The minimum atomic E-state index is 0. The second-order valence-corrected chi connectivity index (χ2v) is 2.81. The number of halogens is 2. The molecule has 1 aromatic rings. The van der Waals surface area contributed by atoms with E-state index in [1.54, 1.807) is 4.68 Å². The maximum atomic E-state index is 5.57. The normalized spacial score (nSPS) is 9.50. The van der Waals surface area contributed by atoms with Gasteiger partial charge in [-0.2, -0.15) is 5.10 Å². The maximum Gasteiger partial charge on any atom is 0.115 e. The molecule has 1 rings (SSSR count). The molecule has 0 radical (unpaired) electrons. The van der Waals surface area contributed by atoms with Crippen LogP contribution in [0.4, 0.5) is 0 Å². The van der Waals surface area contributed by atoms with Gasteiger partial charge in [-0.1, -0.05) is 13.3 Å². The molecule has 1 aromatic heterocycles. The first-order valence-corrected chi connectivity index (χ1v) is 4.48. The number of unbranched alkanes of at least 4 members (excludes halogenated alkanes) is 1. The monoisotopic (exact) mass is 208 g/mol. The van der Waals surface area contributed by atoms with E-state index in [1.165, 1.54) is 12.8 Å². The lowest BCUT2D eigenvalue weighted by molar-refractivity contribution is 0.700. The van der Waals surface area contributed by atoms with Gasteiger partial charge in [0.05, 0.1) is 5.69 Å². The Kier molecular flexibility index (Phi) is 6.21. The molecule has 0 fully saturated rings. The summed E-state index contributed by atoms with van der Waals surface area (Å²) in [7, 11) is 0.